The second kappa shape index (κ2) is 6.95. The number of aromatic carboxylic acids is 1. The minimum absolute atomic E-state index is 0.00509. The highest BCUT2D eigenvalue weighted by atomic mass is 16.5. The summed E-state index contributed by atoms with van der Waals surface area (Å²) in [5, 5.41) is 31.9. The molecule has 1 amide bonds. The summed E-state index contributed by atoms with van der Waals surface area (Å²) in [5.74, 6) is -2.28. The van der Waals surface area contributed by atoms with Crippen LogP contribution in [0.5, 0.6) is 11.5 Å². The minimum Gasteiger partial charge on any atom is -0.506 e. The third kappa shape index (κ3) is 3.02. The van der Waals surface area contributed by atoms with Crippen LogP contribution in [0, 0.1) is 28.6 Å². The number of hydrogen-bond donors (Lipinski definition) is 4. The Morgan fingerprint density at radius 2 is 1.94 bits per heavy atom. The first-order chi connectivity index (χ1) is 15.4. The molecule has 3 saturated carbocycles. The van der Waals surface area contributed by atoms with E-state index in [4.69, 9.17) is 4.74 Å². The summed E-state index contributed by atoms with van der Waals surface area (Å²) in [7, 11) is 0. The van der Waals surface area contributed by atoms with Gasteiger partial charge in [-0.1, -0.05) is 13.8 Å². The number of amides is 1. The number of phenols is 2. The number of carboxylic acid groups (broad SMARTS) is 1. The Hall–Kier alpha value is -2.61. The van der Waals surface area contributed by atoms with E-state index in [1.807, 2.05) is 13.8 Å². The van der Waals surface area contributed by atoms with Gasteiger partial charge in [-0.2, -0.15) is 0 Å². The van der Waals surface area contributed by atoms with Crippen LogP contribution < -0.4 is 5.32 Å². The van der Waals surface area contributed by atoms with Crippen molar-refractivity contribution >= 4 is 23.3 Å². The monoisotopic (exact) mass is 457 g/mol. The van der Waals surface area contributed by atoms with Crippen molar-refractivity contribution in [2.24, 2.45) is 28.6 Å². The van der Waals surface area contributed by atoms with Gasteiger partial charge in [0.1, 0.15) is 22.8 Å². The average molecular weight is 458 g/mol. The maximum atomic E-state index is 13.5. The number of nitrogens with one attached hydrogen (secondary N) is 1. The highest BCUT2D eigenvalue weighted by Crippen LogP contribution is 2.73. The lowest BCUT2D eigenvalue weighted by Gasteiger charge is -2.59. The average Bonchev–Trinajstić information content (AvgIpc) is 3.08. The molecule has 7 atom stereocenters. The highest BCUT2D eigenvalue weighted by Gasteiger charge is 2.73. The molecule has 5 aliphatic rings. The van der Waals surface area contributed by atoms with Crippen LogP contribution in [0.3, 0.4) is 0 Å². The second-order valence-electron chi connectivity index (χ2n) is 11.2. The third-order valence-electron chi connectivity index (χ3n) is 9.12. The zero-order valence-electron chi connectivity index (χ0n) is 19.2. The van der Waals surface area contributed by atoms with E-state index in [1.165, 1.54) is 0 Å². The number of aromatic hydroxyl groups is 2. The largest absolute Gasteiger partial charge is 0.506 e. The van der Waals surface area contributed by atoms with Crippen LogP contribution in [0.4, 0.5) is 5.69 Å². The molecule has 8 nitrogen and oxygen atoms in total. The molecule has 2 saturated heterocycles. The van der Waals surface area contributed by atoms with Crippen molar-refractivity contribution in [3.63, 3.8) is 0 Å². The predicted octanol–water partition coefficient (Wildman–Crippen LogP) is 3.70. The Labute approximate surface area is 192 Å². The normalized spacial score (nSPS) is 40.6. The lowest BCUT2D eigenvalue weighted by Crippen LogP contribution is -2.60. The van der Waals surface area contributed by atoms with E-state index in [0.717, 1.165) is 37.8 Å². The number of rotatable bonds is 5. The maximum absolute atomic E-state index is 13.5. The smallest absolute Gasteiger partial charge is 0.339 e. The summed E-state index contributed by atoms with van der Waals surface area (Å²) < 4.78 is 6.48. The molecule has 4 bridgehead atoms. The lowest BCUT2D eigenvalue weighted by molar-refractivity contribution is -0.197. The first-order valence-electron chi connectivity index (χ1n) is 11.7. The van der Waals surface area contributed by atoms with Gasteiger partial charge in [0.25, 0.3) is 0 Å². The van der Waals surface area contributed by atoms with Gasteiger partial charge >= 0.3 is 5.97 Å². The Kier molecular flexibility index (Phi) is 4.67. The number of benzene rings is 1. The zero-order valence-corrected chi connectivity index (χ0v) is 19.2. The number of carbonyl (C=O) groups excluding carboxylic acids is 2. The van der Waals surface area contributed by atoms with E-state index in [9.17, 15) is 29.7 Å². The van der Waals surface area contributed by atoms with E-state index in [1.54, 1.807) is 0 Å². The molecule has 1 aromatic carbocycles. The molecule has 3 aliphatic carbocycles. The number of ether oxygens (including phenoxy) is 1. The van der Waals surface area contributed by atoms with Crippen molar-refractivity contribution < 1.29 is 34.4 Å². The molecule has 2 aliphatic heterocycles. The number of phenolic OH excluding ortho intramolecular Hbond substituents is 1. The van der Waals surface area contributed by atoms with Gasteiger partial charge in [0.15, 0.2) is 5.75 Å². The maximum Gasteiger partial charge on any atom is 0.339 e. The quantitative estimate of drug-likeness (QED) is 0.495. The standard InChI is InChI=1S/C25H31NO7/c1-12-9-25-10-13-8-16(33-24(13,3)11-25)20(25)23(2,21(12)30)7-6-17(28)26-18-15(27)5-4-14(19(18)29)22(31)32/h4-5,12-13,16,20,27,29H,6-11H2,1-3H3,(H,26,28)(H,31,32)/t12-,13?,16?,20?,23+,24?,25?/m1/s1. The van der Waals surface area contributed by atoms with Crippen molar-refractivity contribution in [1.29, 1.82) is 0 Å². The van der Waals surface area contributed by atoms with Gasteiger partial charge in [0.2, 0.25) is 5.91 Å². The zero-order chi connectivity index (χ0) is 23.9. The fourth-order valence-corrected chi connectivity index (χ4v) is 8.12. The summed E-state index contributed by atoms with van der Waals surface area (Å²) in [5.41, 5.74) is -1.48. The van der Waals surface area contributed by atoms with E-state index in [2.05, 4.69) is 12.2 Å². The van der Waals surface area contributed by atoms with Crippen molar-refractivity contribution in [1.82, 2.24) is 0 Å². The van der Waals surface area contributed by atoms with Gasteiger partial charge in [-0.15, -0.1) is 0 Å². The van der Waals surface area contributed by atoms with Crippen molar-refractivity contribution in [2.45, 2.75) is 71.0 Å². The Bertz CT molecular complexity index is 1070. The second-order valence-corrected chi connectivity index (χ2v) is 11.2. The van der Waals surface area contributed by atoms with Gasteiger partial charge in [0.05, 0.1) is 11.7 Å². The molecule has 5 unspecified atom stereocenters. The molecule has 178 valence electrons. The van der Waals surface area contributed by atoms with Gasteiger partial charge in [-0.3, -0.25) is 9.59 Å². The predicted molar refractivity (Wildman–Crippen MR) is 118 cm³/mol. The molecule has 6 rings (SSSR count). The molecule has 0 aromatic heterocycles. The van der Waals surface area contributed by atoms with Crippen LogP contribution in [-0.2, 0) is 14.3 Å². The van der Waals surface area contributed by atoms with Crippen LogP contribution >= 0.6 is 0 Å². The van der Waals surface area contributed by atoms with Crippen LogP contribution in [0.1, 0.15) is 69.7 Å². The first kappa shape index (κ1) is 22.2. The van der Waals surface area contributed by atoms with Gasteiger partial charge < -0.3 is 25.4 Å². The minimum atomic E-state index is -1.37. The Balaban J connectivity index is 1.37. The van der Waals surface area contributed by atoms with Gasteiger partial charge in [0, 0.05) is 23.7 Å². The van der Waals surface area contributed by atoms with Crippen LogP contribution in [0.2, 0.25) is 0 Å². The lowest BCUT2D eigenvalue weighted by atomic mass is 9.46. The fourth-order valence-electron chi connectivity index (χ4n) is 8.12. The number of anilines is 1. The highest BCUT2D eigenvalue weighted by molar-refractivity contribution is 6.00. The van der Waals surface area contributed by atoms with Gasteiger partial charge in [-0.25, -0.2) is 4.79 Å². The van der Waals surface area contributed by atoms with E-state index < -0.39 is 34.4 Å². The molecule has 1 aromatic rings. The van der Waals surface area contributed by atoms with E-state index in [0.29, 0.717) is 12.3 Å². The van der Waals surface area contributed by atoms with Crippen molar-refractivity contribution in [2.75, 3.05) is 5.32 Å². The first-order valence-corrected chi connectivity index (χ1v) is 11.7. The number of ketones is 1. The fraction of sp³-hybridized carbons (Fsp3) is 0.640. The molecule has 4 N–H and O–H groups in total. The molecular formula is C25H31NO7. The van der Waals surface area contributed by atoms with Crippen LogP contribution in [0.25, 0.3) is 0 Å². The molecular weight excluding hydrogens is 426 g/mol. The molecule has 1 spiro atoms. The third-order valence-corrected chi connectivity index (χ3v) is 9.12. The number of Topliss-reactive ketones (excluding diaryl/α,β-unsaturated/α-hetero) is 1. The molecule has 8 heteroatoms. The number of carbonyl (C=O) groups is 3. The molecule has 33 heavy (non-hydrogen) atoms. The van der Waals surface area contributed by atoms with Crippen LogP contribution in [0.15, 0.2) is 12.1 Å². The summed E-state index contributed by atoms with van der Waals surface area (Å²) in [4.78, 5) is 37.6. The molecule has 2 heterocycles. The van der Waals surface area contributed by atoms with E-state index in [-0.39, 0.29) is 46.8 Å². The summed E-state index contributed by atoms with van der Waals surface area (Å²) in [6, 6.07) is 2.18. The molecule has 5 fully saturated rings. The summed E-state index contributed by atoms with van der Waals surface area (Å²) in [6.07, 6.45) is 4.26. The van der Waals surface area contributed by atoms with Crippen molar-refractivity contribution in [3.8, 4) is 11.5 Å². The van der Waals surface area contributed by atoms with Gasteiger partial charge in [-0.05, 0) is 62.5 Å². The molecule has 0 radical (unpaired) electrons. The number of hydrogen-bond acceptors (Lipinski definition) is 6. The number of carboxylic acids is 1. The van der Waals surface area contributed by atoms with Crippen molar-refractivity contribution in [3.05, 3.63) is 17.7 Å². The van der Waals surface area contributed by atoms with E-state index >= 15 is 0 Å². The Morgan fingerprint density at radius 1 is 1.21 bits per heavy atom. The summed E-state index contributed by atoms with van der Waals surface area (Å²) in [6.45, 7) is 6.18. The van der Waals surface area contributed by atoms with Crippen LogP contribution in [-0.4, -0.2) is 44.7 Å². The Morgan fingerprint density at radius 3 is 2.61 bits per heavy atom. The topological polar surface area (TPSA) is 133 Å². The summed E-state index contributed by atoms with van der Waals surface area (Å²) >= 11 is 0. The SMILES string of the molecule is C[C@@H]1CC23CC4CC(OC4(C)C2)C3[C@](C)(CCC(=O)Nc2c(O)ccc(C(=O)O)c2O)C1=O.